The Hall–Kier alpha value is -1.42. The van der Waals surface area contributed by atoms with Crippen molar-refractivity contribution in [1.82, 2.24) is 9.97 Å². The van der Waals surface area contributed by atoms with Crippen LogP contribution in [0.1, 0.15) is 18.9 Å². The van der Waals surface area contributed by atoms with Crippen LogP contribution < -0.4 is 5.73 Å². The minimum atomic E-state index is -0.169. The van der Waals surface area contributed by atoms with Crippen molar-refractivity contribution in [3.8, 4) is 0 Å². The predicted molar refractivity (Wildman–Crippen MR) is 44.4 cm³/mol. The molecule has 2 heterocycles. The third-order valence-corrected chi connectivity index (χ3v) is 1.60. The summed E-state index contributed by atoms with van der Waals surface area (Å²) >= 11 is 0. The first-order valence-electron chi connectivity index (χ1n) is 3.73. The lowest BCUT2D eigenvalue weighted by Gasteiger charge is -1.94. The molecule has 0 radical (unpaired) electrons. The molecule has 0 saturated heterocycles. The van der Waals surface area contributed by atoms with E-state index in [1.165, 1.54) is 0 Å². The van der Waals surface area contributed by atoms with Gasteiger partial charge in [-0.2, -0.15) is 0 Å². The number of aromatic nitrogens is 2. The number of hydrogen-bond donors (Lipinski definition) is 1. The third kappa shape index (κ3) is 1.06. The molecule has 2 aromatic rings. The second kappa shape index (κ2) is 2.57. The van der Waals surface area contributed by atoms with Gasteiger partial charge in [-0.25, -0.2) is 4.98 Å². The first-order chi connectivity index (χ1) is 5.77. The van der Waals surface area contributed by atoms with Crippen LogP contribution in [0.15, 0.2) is 22.9 Å². The topological polar surface area (TPSA) is 64.9 Å². The van der Waals surface area contributed by atoms with Gasteiger partial charge in [0, 0.05) is 12.3 Å². The van der Waals surface area contributed by atoms with E-state index < -0.39 is 0 Å². The van der Waals surface area contributed by atoms with E-state index in [1.54, 1.807) is 18.5 Å². The van der Waals surface area contributed by atoms with Crippen molar-refractivity contribution in [2.45, 2.75) is 13.0 Å². The first-order valence-corrected chi connectivity index (χ1v) is 3.73. The molecule has 0 saturated carbocycles. The Morgan fingerprint density at radius 2 is 2.42 bits per heavy atom. The van der Waals surface area contributed by atoms with Gasteiger partial charge in [0.15, 0.2) is 5.58 Å². The number of nitrogens with zero attached hydrogens (tertiary/aromatic N) is 2. The lowest BCUT2D eigenvalue weighted by Crippen LogP contribution is -2.04. The second-order valence-corrected chi connectivity index (χ2v) is 2.68. The van der Waals surface area contributed by atoms with Crippen LogP contribution >= 0.6 is 0 Å². The largest absolute Gasteiger partial charge is 0.439 e. The molecule has 0 unspecified atom stereocenters. The van der Waals surface area contributed by atoms with Crippen LogP contribution in [0.2, 0.25) is 0 Å². The molecule has 2 aromatic heterocycles. The van der Waals surface area contributed by atoms with Gasteiger partial charge in [-0.15, -0.1) is 0 Å². The maximum atomic E-state index is 5.60. The van der Waals surface area contributed by atoms with Crippen LogP contribution in [0.5, 0.6) is 0 Å². The maximum Gasteiger partial charge on any atom is 0.212 e. The molecule has 0 aliphatic heterocycles. The number of nitrogens with two attached hydrogens (primary N) is 1. The molecule has 1 atom stereocenters. The van der Waals surface area contributed by atoms with Crippen molar-refractivity contribution in [2.75, 3.05) is 0 Å². The standard InChI is InChI=1S/C8H9N3O/c1-5(9)8-11-6-4-10-3-2-7(6)12-8/h2-5H,9H2,1H3/t5-/m1/s1. The molecule has 4 nitrogen and oxygen atoms in total. The fourth-order valence-corrected chi connectivity index (χ4v) is 0.993. The van der Waals surface area contributed by atoms with E-state index in [2.05, 4.69) is 9.97 Å². The SMILES string of the molecule is C[C@@H](N)c1nc2cnccc2o1. The molecule has 0 aromatic carbocycles. The Morgan fingerprint density at radius 1 is 1.58 bits per heavy atom. The smallest absolute Gasteiger partial charge is 0.212 e. The van der Waals surface area contributed by atoms with Gasteiger partial charge in [0.25, 0.3) is 0 Å². The molecule has 2 N–H and O–H groups in total. The zero-order valence-electron chi connectivity index (χ0n) is 6.69. The second-order valence-electron chi connectivity index (χ2n) is 2.68. The van der Waals surface area contributed by atoms with Crippen molar-refractivity contribution in [1.29, 1.82) is 0 Å². The quantitative estimate of drug-likeness (QED) is 0.686. The Bertz CT molecular complexity index is 361. The van der Waals surface area contributed by atoms with E-state index in [4.69, 9.17) is 10.2 Å². The summed E-state index contributed by atoms with van der Waals surface area (Å²) in [5, 5.41) is 0. The molecule has 12 heavy (non-hydrogen) atoms. The fourth-order valence-electron chi connectivity index (χ4n) is 0.993. The van der Waals surface area contributed by atoms with Crippen LogP contribution in [0.25, 0.3) is 11.1 Å². The lowest BCUT2D eigenvalue weighted by molar-refractivity contribution is 0.492. The highest BCUT2D eigenvalue weighted by atomic mass is 16.3. The average molecular weight is 163 g/mol. The summed E-state index contributed by atoms with van der Waals surface area (Å²) in [5.41, 5.74) is 7.09. The molecule has 62 valence electrons. The first kappa shape index (κ1) is 7.24. The van der Waals surface area contributed by atoms with Gasteiger partial charge < -0.3 is 10.2 Å². The summed E-state index contributed by atoms with van der Waals surface area (Å²) in [6.07, 6.45) is 3.32. The Kier molecular flexibility index (Phi) is 1.55. The van der Waals surface area contributed by atoms with Crippen molar-refractivity contribution < 1.29 is 4.42 Å². The average Bonchev–Trinajstić information content (AvgIpc) is 2.46. The van der Waals surface area contributed by atoms with Crippen LogP contribution in [0.4, 0.5) is 0 Å². The van der Waals surface area contributed by atoms with E-state index in [-0.39, 0.29) is 6.04 Å². The molecule has 0 aliphatic rings. The molecule has 0 aliphatic carbocycles. The highest BCUT2D eigenvalue weighted by Crippen LogP contribution is 2.16. The highest BCUT2D eigenvalue weighted by Gasteiger charge is 2.08. The van der Waals surface area contributed by atoms with Gasteiger partial charge in [0.05, 0.1) is 12.2 Å². The fraction of sp³-hybridized carbons (Fsp3) is 0.250. The van der Waals surface area contributed by atoms with Crippen molar-refractivity contribution in [3.63, 3.8) is 0 Å². The summed E-state index contributed by atoms with van der Waals surface area (Å²) in [6, 6.07) is 1.60. The monoisotopic (exact) mass is 163 g/mol. The summed E-state index contributed by atoms with van der Waals surface area (Å²) < 4.78 is 5.35. The number of pyridine rings is 1. The zero-order valence-corrected chi connectivity index (χ0v) is 6.69. The Labute approximate surface area is 69.4 Å². The van der Waals surface area contributed by atoms with E-state index in [9.17, 15) is 0 Å². The molecule has 0 amide bonds. The Balaban J connectivity index is 2.62. The lowest BCUT2D eigenvalue weighted by atomic mass is 10.4. The van der Waals surface area contributed by atoms with Crippen LogP contribution in [0, 0.1) is 0 Å². The van der Waals surface area contributed by atoms with Gasteiger partial charge in [-0.1, -0.05) is 0 Å². The van der Waals surface area contributed by atoms with Gasteiger partial charge in [0.1, 0.15) is 5.52 Å². The van der Waals surface area contributed by atoms with E-state index in [0.29, 0.717) is 5.89 Å². The van der Waals surface area contributed by atoms with E-state index in [0.717, 1.165) is 11.1 Å². The summed E-state index contributed by atoms with van der Waals surface area (Å²) in [7, 11) is 0. The molecule has 0 bridgehead atoms. The zero-order chi connectivity index (χ0) is 8.55. The van der Waals surface area contributed by atoms with Crippen molar-refractivity contribution >= 4 is 11.1 Å². The number of oxazole rings is 1. The summed E-state index contributed by atoms with van der Waals surface area (Å²) in [4.78, 5) is 8.08. The molecular formula is C8H9N3O. The van der Waals surface area contributed by atoms with Crippen LogP contribution in [-0.4, -0.2) is 9.97 Å². The van der Waals surface area contributed by atoms with E-state index in [1.807, 2.05) is 6.92 Å². The van der Waals surface area contributed by atoms with E-state index >= 15 is 0 Å². The molecule has 2 rings (SSSR count). The van der Waals surface area contributed by atoms with Crippen LogP contribution in [-0.2, 0) is 0 Å². The number of rotatable bonds is 1. The highest BCUT2D eigenvalue weighted by molar-refractivity contribution is 5.70. The van der Waals surface area contributed by atoms with Crippen molar-refractivity contribution in [3.05, 3.63) is 24.4 Å². The molecule has 0 fully saturated rings. The van der Waals surface area contributed by atoms with Gasteiger partial charge in [-0.05, 0) is 6.92 Å². The molecule has 0 spiro atoms. The minimum Gasteiger partial charge on any atom is -0.439 e. The van der Waals surface area contributed by atoms with Crippen molar-refractivity contribution in [2.24, 2.45) is 5.73 Å². The minimum absolute atomic E-state index is 0.169. The van der Waals surface area contributed by atoms with Gasteiger partial charge in [-0.3, -0.25) is 4.98 Å². The number of fused-ring (bicyclic) bond motifs is 1. The predicted octanol–water partition coefficient (Wildman–Crippen LogP) is 1.24. The molecular weight excluding hydrogens is 154 g/mol. The number of hydrogen-bond acceptors (Lipinski definition) is 4. The molecule has 4 heteroatoms. The van der Waals surface area contributed by atoms with Crippen LogP contribution in [0.3, 0.4) is 0 Å². The normalized spacial score (nSPS) is 13.5. The summed E-state index contributed by atoms with van der Waals surface area (Å²) in [6.45, 7) is 1.83. The third-order valence-electron chi connectivity index (χ3n) is 1.60. The summed E-state index contributed by atoms with van der Waals surface area (Å²) in [5.74, 6) is 0.554. The van der Waals surface area contributed by atoms with Gasteiger partial charge in [0.2, 0.25) is 5.89 Å². The maximum absolute atomic E-state index is 5.60. The van der Waals surface area contributed by atoms with Gasteiger partial charge >= 0.3 is 0 Å². The Morgan fingerprint density at radius 3 is 3.08 bits per heavy atom.